The van der Waals surface area contributed by atoms with Gasteiger partial charge in [0.25, 0.3) is 0 Å². The lowest BCUT2D eigenvalue weighted by molar-refractivity contribution is 0.303. The van der Waals surface area contributed by atoms with Crippen LogP contribution in [-0.2, 0) is 6.61 Å². The minimum absolute atomic E-state index is 0.0493. The number of allylic oxidation sites excluding steroid dienone is 1. The van der Waals surface area contributed by atoms with Crippen molar-refractivity contribution in [3.05, 3.63) is 80.2 Å². The van der Waals surface area contributed by atoms with Crippen LogP contribution in [0, 0.1) is 22.7 Å². The van der Waals surface area contributed by atoms with Gasteiger partial charge in [-0.3, -0.25) is 0 Å². The van der Waals surface area contributed by atoms with E-state index in [4.69, 9.17) is 15.3 Å². The molecule has 0 fully saturated rings. The molecule has 0 saturated heterocycles. The highest BCUT2D eigenvalue weighted by Crippen LogP contribution is 2.36. The van der Waals surface area contributed by atoms with Crippen molar-refractivity contribution in [2.45, 2.75) is 6.61 Å². The van der Waals surface area contributed by atoms with Gasteiger partial charge in [0.15, 0.2) is 0 Å². The minimum atomic E-state index is 0.0493. The first-order chi connectivity index (χ1) is 12.6. The standard InChI is InChI=1S/C21H12Br2N2O/c22-19-9-14(8-15(11-24)12-25)10-20(23)21(19)26-13-17-6-3-5-16-4-1-2-7-18(16)17/h1-10H,13H2. The molecule has 3 aromatic carbocycles. The van der Waals surface area contributed by atoms with Gasteiger partial charge in [-0.2, -0.15) is 10.5 Å². The summed E-state index contributed by atoms with van der Waals surface area (Å²) >= 11 is 7.01. The van der Waals surface area contributed by atoms with Crippen molar-refractivity contribution in [1.82, 2.24) is 0 Å². The van der Waals surface area contributed by atoms with E-state index >= 15 is 0 Å². The summed E-state index contributed by atoms with van der Waals surface area (Å²) in [5, 5.41) is 20.1. The zero-order valence-corrected chi connectivity index (χ0v) is 16.7. The van der Waals surface area contributed by atoms with Gasteiger partial charge in [-0.1, -0.05) is 42.5 Å². The van der Waals surface area contributed by atoms with E-state index in [-0.39, 0.29) is 5.57 Å². The van der Waals surface area contributed by atoms with Crippen LogP contribution in [0.25, 0.3) is 16.8 Å². The van der Waals surface area contributed by atoms with Gasteiger partial charge in [0.1, 0.15) is 30.1 Å². The average Bonchev–Trinajstić information content (AvgIpc) is 2.65. The summed E-state index contributed by atoms with van der Waals surface area (Å²) in [5.74, 6) is 0.672. The molecule has 0 saturated carbocycles. The lowest BCUT2D eigenvalue weighted by atomic mass is 10.1. The third kappa shape index (κ3) is 3.96. The Kier molecular flexibility index (Phi) is 5.73. The maximum atomic E-state index is 8.89. The average molecular weight is 468 g/mol. The third-order valence-electron chi connectivity index (χ3n) is 3.82. The van der Waals surface area contributed by atoms with Crippen molar-refractivity contribution >= 4 is 48.7 Å². The molecule has 0 atom stereocenters. The van der Waals surface area contributed by atoms with Crippen molar-refractivity contribution in [3.63, 3.8) is 0 Å². The number of benzene rings is 3. The summed E-state index contributed by atoms with van der Waals surface area (Å²) in [6.07, 6.45) is 1.53. The Morgan fingerprint density at radius 3 is 2.31 bits per heavy atom. The molecule has 0 aliphatic rings. The molecule has 3 aromatic rings. The second kappa shape index (κ2) is 8.19. The Morgan fingerprint density at radius 1 is 0.962 bits per heavy atom. The van der Waals surface area contributed by atoms with E-state index < -0.39 is 0 Å². The summed E-state index contributed by atoms with van der Waals surface area (Å²) < 4.78 is 7.52. The highest BCUT2D eigenvalue weighted by Gasteiger charge is 2.10. The Labute approximate surface area is 168 Å². The lowest BCUT2D eigenvalue weighted by Crippen LogP contribution is -1.98. The number of nitriles is 2. The topological polar surface area (TPSA) is 56.8 Å². The van der Waals surface area contributed by atoms with Gasteiger partial charge >= 0.3 is 0 Å². The summed E-state index contributed by atoms with van der Waals surface area (Å²) in [6.45, 7) is 0.426. The fourth-order valence-electron chi connectivity index (χ4n) is 2.63. The van der Waals surface area contributed by atoms with E-state index in [1.165, 1.54) is 11.5 Å². The van der Waals surface area contributed by atoms with Crippen molar-refractivity contribution in [3.8, 4) is 17.9 Å². The zero-order chi connectivity index (χ0) is 18.5. The van der Waals surface area contributed by atoms with Gasteiger partial charge in [-0.05, 0) is 72.0 Å². The molecule has 0 unspecified atom stereocenters. The fourth-order valence-corrected chi connectivity index (χ4v) is 4.08. The Balaban J connectivity index is 1.88. The van der Waals surface area contributed by atoms with Crippen LogP contribution in [0.15, 0.2) is 69.1 Å². The second-order valence-electron chi connectivity index (χ2n) is 5.52. The first-order valence-electron chi connectivity index (χ1n) is 7.72. The monoisotopic (exact) mass is 466 g/mol. The van der Waals surface area contributed by atoms with Gasteiger partial charge in [-0.25, -0.2) is 0 Å². The van der Waals surface area contributed by atoms with Gasteiger partial charge in [0.2, 0.25) is 0 Å². The van der Waals surface area contributed by atoms with E-state index in [0.29, 0.717) is 12.4 Å². The lowest BCUT2D eigenvalue weighted by Gasteiger charge is -2.13. The Morgan fingerprint density at radius 2 is 1.62 bits per heavy atom. The Bertz CT molecular complexity index is 1050. The van der Waals surface area contributed by atoms with Crippen molar-refractivity contribution in [2.75, 3.05) is 0 Å². The number of ether oxygens (including phenoxy) is 1. The van der Waals surface area contributed by atoms with Crippen LogP contribution in [-0.4, -0.2) is 0 Å². The summed E-state index contributed by atoms with van der Waals surface area (Å²) in [6, 6.07) is 21.7. The van der Waals surface area contributed by atoms with Crippen LogP contribution in [0.3, 0.4) is 0 Å². The molecule has 126 valence electrons. The van der Waals surface area contributed by atoms with Gasteiger partial charge in [-0.15, -0.1) is 0 Å². The number of hydrogen-bond acceptors (Lipinski definition) is 3. The molecule has 0 heterocycles. The number of halogens is 2. The summed E-state index contributed by atoms with van der Waals surface area (Å²) in [7, 11) is 0. The zero-order valence-electron chi connectivity index (χ0n) is 13.5. The molecule has 5 heteroatoms. The van der Waals surface area contributed by atoms with Crippen molar-refractivity contribution in [1.29, 1.82) is 10.5 Å². The van der Waals surface area contributed by atoms with E-state index in [0.717, 1.165) is 25.5 Å². The molecule has 0 N–H and O–H groups in total. The van der Waals surface area contributed by atoms with E-state index in [1.54, 1.807) is 0 Å². The number of fused-ring (bicyclic) bond motifs is 1. The smallest absolute Gasteiger partial charge is 0.148 e. The van der Waals surface area contributed by atoms with E-state index in [1.807, 2.05) is 48.5 Å². The molecule has 0 aliphatic carbocycles. The van der Waals surface area contributed by atoms with Gasteiger partial charge < -0.3 is 4.74 Å². The fraction of sp³-hybridized carbons (Fsp3) is 0.0476. The minimum Gasteiger partial charge on any atom is -0.487 e. The van der Waals surface area contributed by atoms with E-state index in [9.17, 15) is 0 Å². The quantitative estimate of drug-likeness (QED) is 0.418. The summed E-state index contributed by atoms with van der Waals surface area (Å²) in [4.78, 5) is 0. The van der Waals surface area contributed by atoms with Crippen LogP contribution < -0.4 is 4.74 Å². The third-order valence-corrected chi connectivity index (χ3v) is 5.00. The Hall–Kier alpha value is -2.60. The maximum Gasteiger partial charge on any atom is 0.148 e. The largest absolute Gasteiger partial charge is 0.487 e. The van der Waals surface area contributed by atoms with Crippen molar-refractivity contribution < 1.29 is 4.74 Å². The first-order valence-corrected chi connectivity index (χ1v) is 9.31. The predicted molar refractivity (Wildman–Crippen MR) is 109 cm³/mol. The molecule has 3 nitrogen and oxygen atoms in total. The van der Waals surface area contributed by atoms with Gasteiger partial charge in [0.05, 0.1) is 8.95 Å². The number of hydrogen-bond donors (Lipinski definition) is 0. The molecule has 3 rings (SSSR count). The molecule has 0 radical (unpaired) electrons. The molecule has 0 spiro atoms. The molecule has 26 heavy (non-hydrogen) atoms. The SMILES string of the molecule is N#CC(C#N)=Cc1cc(Br)c(OCc2cccc3ccccc23)c(Br)c1. The van der Waals surface area contributed by atoms with Crippen LogP contribution in [0.5, 0.6) is 5.75 Å². The predicted octanol–water partition coefficient (Wildman–Crippen LogP) is 6.37. The number of nitrogens with zero attached hydrogens (tertiary/aromatic N) is 2. The molecule has 0 aliphatic heterocycles. The first kappa shape index (κ1) is 18.2. The highest BCUT2D eigenvalue weighted by atomic mass is 79.9. The normalized spacial score (nSPS) is 10.0. The van der Waals surface area contributed by atoms with Crippen LogP contribution in [0.2, 0.25) is 0 Å². The maximum absolute atomic E-state index is 8.89. The van der Waals surface area contributed by atoms with E-state index in [2.05, 4.69) is 50.1 Å². The molecule has 0 bridgehead atoms. The molecular formula is C21H12Br2N2O. The highest BCUT2D eigenvalue weighted by molar-refractivity contribution is 9.11. The molecule has 0 amide bonds. The summed E-state index contributed by atoms with van der Waals surface area (Å²) in [5.41, 5.74) is 1.88. The van der Waals surface area contributed by atoms with Crippen LogP contribution in [0.1, 0.15) is 11.1 Å². The van der Waals surface area contributed by atoms with Crippen molar-refractivity contribution in [2.24, 2.45) is 0 Å². The van der Waals surface area contributed by atoms with Crippen LogP contribution >= 0.6 is 31.9 Å². The van der Waals surface area contributed by atoms with Crippen LogP contribution in [0.4, 0.5) is 0 Å². The molecular weight excluding hydrogens is 456 g/mol. The molecule has 0 aromatic heterocycles. The number of rotatable bonds is 4. The van der Waals surface area contributed by atoms with Gasteiger partial charge in [0, 0.05) is 0 Å². The second-order valence-corrected chi connectivity index (χ2v) is 7.23.